The van der Waals surface area contributed by atoms with Gasteiger partial charge in [0, 0.05) is 0 Å². The standard InChI is InChI=1S/C8H16O2.H2S/c1-3-5-6-7(4-2)8(9)10;/h7H,3-6H2,1-2H3,(H,9,10);1H2. The molecule has 0 amide bonds. The predicted octanol–water partition coefficient (Wildman–Crippen LogP) is 2.40. The Kier molecular flexibility index (Phi) is 9.66. The molecule has 1 N–H and O–H groups in total. The second-order valence-corrected chi connectivity index (χ2v) is 2.59. The van der Waals surface area contributed by atoms with Crippen molar-refractivity contribution in [2.75, 3.05) is 0 Å². The van der Waals surface area contributed by atoms with E-state index >= 15 is 0 Å². The third-order valence-corrected chi connectivity index (χ3v) is 1.75. The van der Waals surface area contributed by atoms with E-state index in [0.29, 0.717) is 0 Å². The molecule has 0 rings (SSSR count). The first kappa shape index (κ1) is 13.4. The highest BCUT2D eigenvalue weighted by Gasteiger charge is 2.12. The molecule has 0 aliphatic heterocycles. The Morgan fingerprint density at radius 1 is 1.45 bits per heavy atom. The van der Waals surface area contributed by atoms with Crippen LogP contribution in [0.2, 0.25) is 0 Å². The van der Waals surface area contributed by atoms with Crippen molar-refractivity contribution in [1.82, 2.24) is 0 Å². The molecule has 0 saturated heterocycles. The Morgan fingerprint density at radius 2 is 2.00 bits per heavy atom. The highest BCUT2D eigenvalue weighted by molar-refractivity contribution is 7.59. The molecule has 0 radical (unpaired) electrons. The minimum atomic E-state index is -0.643. The van der Waals surface area contributed by atoms with E-state index in [4.69, 9.17) is 5.11 Å². The van der Waals surface area contributed by atoms with Gasteiger partial charge in [0.15, 0.2) is 0 Å². The van der Waals surface area contributed by atoms with E-state index < -0.39 is 5.97 Å². The largest absolute Gasteiger partial charge is 0.481 e. The highest BCUT2D eigenvalue weighted by atomic mass is 32.1. The number of rotatable bonds is 5. The van der Waals surface area contributed by atoms with Crippen LogP contribution in [0.1, 0.15) is 39.5 Å². The Balaban J connectivity index is 0. The number of unbranched alkanes of at least 4 members (excludes halogenated alkanes) is 1. The lowest BCUT2D eigenvalue weighted by Crippen LogP contribution is -2.11. The van der Waals surface area contributed by atoms with Crippen molar-refractivity contribution < 1.29 is 9.90 Å². The summed E-state index contributed by atoms with van der Waals surface area (Å²) < 4.78 is 0. The van der Waals surface area contributed by atoms with Crippen molar-refractivity contribution in [2.45, 2.75) is 39.5 Å². The second kappa shape index (κ2) is 7.92. The number of carboxylic acid groups (broad SMARTS) is 1. The molecule has 0 aromatic heterocycles. The first-order valence-corrected chi connectivity index (χ1v) is 3.95. The Bertz CT molecular complexity index is 104. The van der Waals surface area contributed by atoms with Gasteiger partial charge in [0.05, 0.1) is 5.92 Å². The molecule has 11 heavy (non-hydrogen) atoms. The van der Waals surface area contributed by atoms with E-state index in [2.05, 4.69) is 6.92 Å². The lowest BCUT2D eigenvalue weighted by atomic mass is 10.00. The maximum absolute atomic E-state index is 10.4. The molecule has 0 aliphatic rings. The normalized spacial score (nSPS) is 11.8. The van der Waals surface area contributed by atoms with Crippen molar-refractivity contribution in [3.63, 3.8) is 0 Å². The van der Waals surface area contributed by atoms with E-state index in [0.717, 1.165) is 25.7 Å². The smallest absolute Gasteiger partial charge is 0.306 e. The summed E-state index contributed by atoms with van der Waals surface area (Å²) in [6.07, 6.45) is 3.71. The third kappa shape index (κ3) is 6.23. The molecule has 0 aromatic carbocycles. The van der Waals surface area contributed by atoms with Gasteiger partial charge in [0.1, 0.15) is 0 Å². The van der Waals surface area contributed by atoms with Gasteiger partial charge in [-0.05, 0) is 12.8 Å². The fourth-order valence-corrected chi connectivity index (χ4v) is 0.953. The van der Waals surface area contributed by atoms with Crippen molar-refractivity contribution in [3.8, 4) is 0 Å². The Labute approximate surface area is 75.4 Å². The van der Waals surface area contributed by atoms with Gasteiger partial charge in [-0.15, -0.1) is 0 Å². The highest BCUT2D eigenvalue weighted by Crippen LogP contribution is 2.11. The van der Waals surface area contributed by atoms with Crippen LogP contribution >= 0.6 is 13.5 Å². The Morgan fingerprint density at radius 3 is 2.27 bits per heavy atom. The van der Waals surface area contributed by atoms with Gasteiger partial charge in [-0.25, -0.2) is 0 Å². The molecule has 0 saturated carbocycles. The molecule has 1 atom stereocenters. The van der Waals surface area contributed by atoms with Crippen LogP contribution in [0.4, 0.5) is 0 Å². The van der Waals surface area contributed by atoms with Gasteiger partial charge in [0.25, 0.3) is 0 Å². The van der Waals surface area contributed by atoms with E-state index in [9.17, 15) is 4.79 Å². The number of carboxylic acids is 1. The zero-order valence-corrected chi connectivity index (χ0v) is 8.26. The lowest BCUT2D eigenvalue weighted by molar-refractivity contribution is -0.142. The summed E-state index contributed by atoms with van der Waals surface area (Å²) in [5, 5.41) is 8.60. The molecule has 0 heterocycles. The monoisotopic (exact) mass is 178 g/mol. The first-order chi connectivity index (χ1) is 4.72. The van der Waals surface area contributed by atoms with Gasteiger partial charge >= 0.3 is 5.97 Å². The van der Waals surface area contributed by atoms with Crippen LogP contribution in [0.15, 0.2) is 0 Å². The molecular weight excluding hydrogens is 160 g/mol. The van der Waals surface area contributed by atoms with Gasteiger partial charge < -0.3 is 5.11 Å². The lowest BCUT2D eigenvalue weighted by Gasteiger charge is -2.06. The molecule has 0 spiro atoms. The summed E-state index contributed by atoms with van der Waals surface area (Å²) in [6.45, 7) is 4.00. The SMILES string of the molecule is CCCCC(CC)C(=O)O.S. The van der Waals surface area contributed by atoms with Crippen molar-refractivity contribution in [2.24, 2.45) is 5.92 Å². The molecule has 0 aliphatic carbocycles. The minimum Gasteiger partial charge on any atom is -0.481 e. The van der Waals surface area contributed by atoms with Crippen LogP contribution in [-0.4, -0.2) is 11.1 Å². The minimum absolute atomic E-state index is 0. The number of hydrogen-bond donors (Lipinski definition) is 1. The second-order valence-electron chi connectivity index (χ2n) is 2.59. The summed E-state index contributed by atoms with van der Waals surface area (Å²) in [5.74, 6) is -0.754. The summed E-state index contributed by atoms with van der Waals surface area (Å²) in [4.78, 5) is 10.4. The number of carbonyl (C=O) groups is 1. The van der Waals surface area contributed by atoms with Crippen LogP contribution in [0.5, 0.6) is 0 Å². The quantitative estimate of drug-likeness (QED) is 0.702. The topological polar surface area (TPSA) is 37.3 Å². The van der Waals surface area contributed by atoms with E-state index in [-0.39, 0.29) is 19.4 Å². The van der Waals surface area contributed by atoms with Crippen LogP contribution in [-0.2, 0) is 4.79 Å². The van der Waals surface area contributed by atoms with Gasteiger partial charge in [-0.1, -0.05) is 26.7 Å². The van der Waals surface area contributed by atoms with Crippen molar-refractivity contribution in [3.05, 3.63) is 0 Å². The summed E-state index contributed by atoms with van der Waals surface area (Å²) in [5.41, 5.74) is 0. The summed E-state index contributed by atoms with van der Waals surface area (Å²) >= 11 is 0. The van der Waals surface area contributed by atoms with E-state index in [1.807, 2.05) is 6.92 Å². The fourth-order valence-electron chi connectivity index (χ4n) is 0.953. The molecule has 0 aromatic rings. The predicted molar refractivity (Wildman–Crippen MR) is 51.3 cm³/mol. The van der Waals surface area contributed by atoms with Crippen LogP contribution in [0, 0.1) is 5.92 Å². The maximum Gasteiger partial charge on any atom is 0.306 e. The number of hydrogen-bond acceptors (Lipinski definition) is 1. The van der Waals surface area contributed by atoms with Crippen molar-refractivity contribution in [1.29, 1.82) is 0 Å². The third-order valence-electron chi connectivity index (χ3n) is 1.75. The van der Waals surface area contributed by atoms with Gasteiger partial charge in [0.2, 0.25) is 0 Å². The summed E-state index contributed by atoms with van der Waals surface area (Å²) in [7, 11) is 0. The molecule has 0 fully saturated rings. The van der Waals surface area contributed by atoms with E-state index in [1.54, 1.807) is 0 Å². The van der Waals surface area contributed by atoms with Crippen LogP contribution in [0.3, 0.4) is 0 Å². The number of aliphatic carboxylic acids is 1. The zero-order chi connectivity index (χ0) is 7.98. The molecule has 1 unspecified atom stereocenters. The average Bonchev–Trinajstić information content (AvgIpc) is 1.89. The first-order valence-electron chi connectivity index (χ1n) is 3.95. The molecule has 2 nitrogen and oxygen atoms in total. The zero-order valence-electron chi connectivity index (χ0n) is 7.26. The Hall–Kier alpha value is -0.180. The average molecular weight is 178 g/mol. The van der Waals surface area contributed by atoms with Crippen LogP contribution in [0.25, 0.3) is 0 Å². The summed E-state index contributed by atoms with van der Waals surface area (Å²) in [6, 6.07) is 0. The molecule has 3 heteroatoms. The molecular formula is C8H18O2S. The van der Waals surface area contributed by atoms with Gasteiger partial charge in [-0.3, -0.25) is 4.79 Å². The molecule has 0 bridgehead atoms. The fraction of sp³-hybridized carbons (Fsp3) is 0.875. The van der Waals surface area contributed by atoms with E-state index in [1.165, 1.54) is 0 Å². The van der Waals surface area contributed by atoms with Crippen LogP contribution < -0.4 is 0 Å². The van der Waals surface area contributed by atoms with Crippen molar-refractivity contribution >= 4 is 19.5 Å². The van der Waals surface area contributed by atoms with Gasteiger partial charge in [-0.2, -0.15) is 13.5 Å². The maximum atomic E-state index is 10.4. The molecule has 68 valence electrons.